The van der Waals surface area contributed by atoms with Gasteiger partial charge < -0.3 is 10.1 Å². The van der Waals surface area contributed by atoms with Crippen LogP contribution in [-0.2, 0) is 9.53 Å². The average Bonchev–Trinajstić information content (AvgIpc) is 2.97. The Kier molecular flexibility index (Phi) is 3.20. The third-order valence-corrected chi connectivity index (χ3v) is 5.78. The quantitative estimate of drug-likeness (QED) is 0.811. The van der Waals surface area contributed by atoms with Crippen molar-refractivity contribution in [2.24, 2.45) is 17.8 Å². The summed E-state index contributed by atoms with van der Waals surface area (Å²) in [7, 11) is 0. The van der Waals surface area contributed by atoms with Gasteiger partial charge in [-0.3, -0.25) is 4.79 Å². The predicted molar refractivity (Wildman–Crippen MR) is 69.0 cm³/mol. The van der Waals surface area contributed by atoms with Crippen LogP contribution in [-0.4, -0.2) is 30.0 Å². The molecule has 3 rings (SSSR count). The highest BCUT2D eigenvalue weighted by Crippen LogP contribution is 2.54. The number of halogens is 1. The zero-order valence-corrected chi connectivity index (χ0v) is 11.7. The fourth-order valence-corrected chi connectivity index (χ4v) is 4.05. The predicted octanol–water partition coefficient (Wildman–Crippen LogP) is 2.09. The van der Waals surface area contributed by atoms with Crippen molar-refractivity contribution in [3.05, 3.63) is 0 Å². The van der Waals surface area contributed by atoms with Gasteiger partial charge >= 0.3 is 0 Å². The van der Waals surface area contributed by atoms with E-state index in [4.69, 9.17) is 4.74 Å². The molecule has 1 N–H and O–H groups in total. The lowest BCUT2D eigenvalue weighted by molar-refractivity contribution is -0.128. The van der Waals surface area contributed by atoms with Crippen molar-refractivity contribution >= 4 is 21.8 Å². The zero-order chi connectivity index (χ0) is 11.9. The Bertz CT molecular complexity index is 305. The Balaban J connectivity index is 1.58. The molecular formula is C13H20BrNO2. The van der Waals surface area contributed by atoms with E-state index < -0.39 is 0 Å². The molecule has 2 saturated carbocycles. The minimum Gasteiger partial charge on any atom is -0.381 e. The molecule has 96 valence electrons. The van der Waals surface area contributed by atoms with E-state index in [-0.39, 0.29) is 11.5 Å². The Morgan fingerprint density at radius 2 is 1.88 bits per heavy atom. The van der Waals surface area contributed by atoms with Gasteiger partial charge in [-0.15, -0.1) is 0 Å². The number of hydrogen-bond acceptors (Lipinski definition) is 2. The van der Waals surface area contributed by atoms with Crippen LogP contribution in [0.5, 0.6) is 0 Å². The average molecular weight is 302 g/mol. The summed E-state index contributed by atoms with van der Waals surface area (Å²) in [6.07, 6.45) is 5.51. The minimum absolute atomic E-state index is 0.0535. The van der Waals surface area contributed by atoms with Gasteiger partial charge in [0.25, 0.3) is 0 Å². The molecule has 17 heavy (non-hydrogen) atoms. The molecule has 1 amide bonds. The molecule has 0 bridgehead atoms. The van der Waals surface area contributed by atoms with E-state index in [1.165, 1.54) is 6.42 Å². The van der Waals surface area contributed by atoms with Crippen LogP contribution >= 0.6 is 15.9 Å². The molecule has 0 radical (unpaired) electrons. The first kappa shape index (κ1) is 12.0. The van der Waals surface area contributed by atoms with Gasteiger partial charge in [-0.25, -0.2) is 0 Å². The van der Waals surface area contributed by atoms with E-state index in [1.807, 2.05) is 0 Å². The summed E-state index contributed by atoms with van der Waals surface area (Å²) < 4.78 is 5.39. The first-order valence-corrected chi connectivity index (χ1v) is 7.80. The molecule has 2 unspecified atom stereocenters. The number of nitrogens with one attached hydrogen (secondary N) is 1. The van der Waals surface area contributed by atoms with Gasteiger partial charge in [-0.2, -0.15) is 0 Å². The van der Waals surface area contributed by atoms with Crippen LogP contribution in [0.25, 0.3) is 0 Å². The second-order valence-electron chi connectivity index (χ2n) is 5.94. The second kappa shape index (κ2) is 4.54. The van der Waals surface area contributed by atoms with Crippen LogP contribution in [0.2, 0.25) is 0 Å². The topological polar surface area (TPSA) is 38.3 Å². The highest BCUT2D eigenvalue weighted by atomic mass is 79.9. The molecule has 2 aliphatic carbocycles. The first-order chi connectivity index (χ1) is 8.22. The summed E-state index contributed by atoms with van der Waals surface area (Å²) in [5.41, 5.74) is -0.0535. The minimum atomic E-state index is -0.0535. The molecule has 2 atom stereocenters. The molecule has 3 nitrogen and oxygen atoms in total. The van der Waals surface area contributed by atoms with Crippen LogP contribution < -0.4 is 5.32 Å². The van der Waals surface area contributed by atoms with E-state index in [1.54, 1.807) is 0 Å². The van der Waals surface area contributed by atoms with E-state index in [9.17, 15) is 4.79 Å². The number of alkyl halides is 1. The third-order valence-electron chi connectivity index (χ3n) is 4.71. The van der Waals surface area contributed by atoms with Crippen molar-refractivity contribution in [2.45, 2.75) is 37.6 Å². The lowest BCUT2D eigenvalue weighted by Gasteiger charge is -2.37. The lowest BCUT2D eigenvalue weighted by Crippen LogP contribution is -2.54. The SMILES string of the molecule is O=C(NC1(CBr)CCOCC1)C1CC2CC2C1. The normalized spacial score (nSPS) is 38.5. The van der Waals surface area contributed by atoms with E-state index >= 15 is 0 Å². The molecule has 0 aromatic rings. The molecule has 4 heteroatoms. The molecule has 0 aromatic heterocycles. The Hall–Kier alpha value is -0.0900. The number of amides is 1. The number of hydrogen-bond donors (Lipinski definition) is 1. The molecular weight excluding hydrogens is 282 g/mol. The monoisotopic (exact) mass is 301 g/mol. The lowest BCUT2D eigenvalue weighted by atomic mass is 9.91. The van der Waals surface area contributed by atoms with Crippen molar-refractivity contribution < 1.29 is 9.53 Å². The highest BCUT2D eigenvalue weighted by Gasteiger charge is 2.49. The molecule has 1 aliphatic heterocycles. The fraction of sp³-hybridized carbons (Fsp3) is 0.923. The summed E-state index contributed by atoms with van der Waals surface area (Å²) in [5.74, 6) is 2.33. The van der Waals surface area contributed by atoms with Crippen molar-refractivity contribution in [1.29, 1.82) is 0 Å². The smallest absolute Gasteiger partial charge is 0.223 e. The van der Waals surface area contributed by atoms with Gasteiger partial charge in [0.1, 0.15) is 0 Å². The van der Waals surface area contributed by atoms with Gasteiger partial charge in [-0.05, 0) is 43.9 Å². The summed E-state index contributed by atoms with van der Waals surface area (Å²) >= 11 is 3.56. The molecule has 1 saturated heterocycles. The standard InChI is InChI=1S/C13H20BrNO2/c14-8-13(1-3-17-4-2-13)15-12(16)11-6-9-5-10(9)7-11/h9-11H,1-8H2,(H,15,16). The summed E-state index contributed by atoms with van der Waals surface area (Å²) in [6, 6.07) is 0. The molecule has 3 aliphatic rings. The van der Waals surface area contributed by atoms with Crippen LogP contribution in [0.1, 0.15) is 32.1 Å². The Labute approximate surface area is 111 Å². The van der Waals surface area contributed by atoms with Crippen molar-refractivity contribution in [3.63, 3.8) is 0 Å². The number of ether oxygens (including phenoxy) is 1. The molecule has 3 fully saturated rings. The van der Waals surface area contributed by atoms with Crippen LogP contribution in [0.4, 0.5) is 0 Å². The fourth-order valence-electron chi connectivity index (χ4n) is 3.35. The molecule has 0 spiro atoms. The van der Waals surface area contributed by atoms with E-state index in [2.05, 4.69) is 21.2 Å². The van der Waals surface area contributed by atoms with Gasteiger partial charge in [-0.1, -0.05) is 15.9 Å². The van der Waals surface area contributed by atoms with Gasteiger partial charge in [0, 0.05) is 24.5 Å². The van der Waals surface area contributed by atoms with Crippen LogP contribution in [0.3, 0.4) is 0 Å². The zero-order valence-electron chi connectivity index (χ0n) is 10.1. The maximum atomic E-state index is 12.3. The molecule has 1 heterocycles. The summed E-state index contributed by atoms with van der Waals surface area (Å²) in [4.78, 5) is 12.3. The van der Waals surface area contributed by atoms with Crippen LogP contribution in [0, 0.1) is 17.8 Å². The second-order valence-corrected chi connectivity index (χ2v) is 6.50. The van der Waals surface area contributed by atoms with Crippen LogP contribution in [0.15, 0.2) is 0 Å². The Morgan fingerprint density at radius 3 is 2.47 bits per heavy atom. The maximum Gasteiger partial charge on any atom is 0.223 e. The number of carbonyl (C=O) groups excluding carboxylic acids is 1. The van der Waals surface area contributed by atoms with Crippen molar-refractivity contribution in [2.75, 3.05) is 18.5 Å². The summed E-state index contributed by atoms with van der Waals surface area (Å²) in [6.45, 7) is 1.53. The van der Waals surface area contributed by atoms with Gasteiger partial charge in [0.2, 0.25) is 5.91 Å². The van der Waals surface area contributed by atoms with E-state index in [0.29, 0.717) is 5.91 Å². The van der Waals surface area contributed by atoms with Gasteiger partial charge in [0.15, 0.2) is 0 Å². The van der Waals surface area contributed by atoms with Gasteiger partial charge in [0.05, 0.1) is 5.54 Å². The van der Waals surface area contributed by atoms with Crippen molar-refractivity contribution in [3.8, 4) is 0 Å². The highest BCUT2D eigenvalue weighted by molar-refractivity contribution is 9.09. The summed E-state index contributed by atoms with van der Waals surface area (Å²) in [5, 5.41) is 4.14. The maximum absolute atomic E-state index is 12.3. The number of rotatable bonds is 3. The number of carbonyl (C=O) groups is 1. The van der Waals surface area contributed by atoms with Crippen molar-refractivity contribution in [1.82, 2.24) is 5.32 Å². The Morgan fingerprint density at radius 1 is 1.24 bits per heavy atom. The third kappa shape index (κ3) is 2.39. The van der Waals surface area contributed by atoms with E-state index in [0.717, 1.165) is 56.1 Å². The first-order valence-electron chi connectivity index (χ1n) is 6.68. The number of fused-ring (bicyclic) bond motifs is 1. The largest absolute Gasteiger partial charge is 0.381 e. The molecule has 0 aromatic carbocycles.